The lowest BCUT2D eigenvalue weighted by atomic mass is 10.0. The van der Waals surface area contributed by atoms with Gasteiger partial charge in [0.2, 0.25) is 0 Å². The first-order valence-corrected chi connectivity index (χ1v) is 8.25. The van der Waals surface area contributed by atoms with Gasteiger partial charge in [-0.15, -0.1) is 0 Å². The molecule has 0 aliphatic carbocycles. The first-order valence-electron chi connectivity index (χ1n) is 8.25. The molecule has 126 valence electrons. The molecule has 0 unspecified atom stereocenters. The Labute approximate surface area is 137 Å². The molecule has 23 heavy (non-hydrogen) atoms. The average molecular weight is 319 g/mol. The fourth-order valence-electron chi connectivity index (χ4n) is 3.20. The average Bonchev–Trinajstić information content (AvgIpc) is 2.98. The van der Waals surface area contributed by atoms with E-state index in [1.165, 1.54) is 11.1 Å². The molecule has 0 aromatic heterocycles. The number of carbonyl (C=O) groups excluding carboxylic acids is 1. The van der Waals surface area contributed by atoms with Gasteiger partial charge in [0.05, 0.1) is 13.2 Å². The third-order valence-corrected chi connectivity index (χ3v) is 4.83. The van der Waals surface area contributed by atoms with E-state index in [0.717, 1.165) is 24.2 Å². The summed E-state index contributed by atoms with van der Waals surface area (Å²) in [5, 5.41) is 0. The van der Waals surface area contributed by atoms with Gasteiger partial charge in [0.25, 0.3) is 5.91 Å². The predicted molar refractivity (Wildman–Crippen MR) is 86.6 cm³/mol. The van der Waals surface area contributed by atoms with Gasteiger partial charge in [-0.3, -0.25) is 4.79 Å². The molecule has 0 atom stereocenters. The summed E-state index contributed by atoms with van der Waals surface area (Å²) in [6.45, 7) is 8.85. The van der Waals surface area contributed by atoms with E-state index in [1.807, 2.05) is 17.9 Å². The summed E-state index contributed by atoms with van der Waals surface area (Å²) >= 11 is 0. The number of aryl methyl sites for hydroxylation is 3. The maximum Gasteiger partial charge on any atom is 0.260 e. The summed E-state index contributed by atoms with van der Waals surface area (Å²) in [5.41, 5.74) is 3.47. The minimum atomic E-state index is -0.442. The number of hydrogen-bond acceptors (Lipinski definition) is 4. The molecule has 5 nitrogen and oxygen atoms in total. The van der Waals surface area contributed by atoms with Crippen molar-refractivity contribution < 1.29 is 19.0 Å². The number of piperidine rings is 1. The first kappa shape index (κ1) is 16.3. The third kappa shape index (κ3) is 3.51. The Balaban J connectivity index is 1.53. The lowest BCUT2D eigenvalue weighted by molar-refractivity contribution is -0.187. The summed E-state index contributed by atoms with van der Waals surface area (Å²) in [4.78, 5) is 14.2. The number of benzene rings is 1. The van der Waals surface area contributed by atoms with Crippen LogP contribution in [0, 0.1) is 20.8 Å². The van der Waals surface area contributed by atoms with Crippen LogP contribution in [0.2, 0.25) is 0 Å². The van der Waals surface area contributed by atoms with Crippen molar-refractivity contribution in [1.82, 2.24) is 4.90 Å². The van der Waals surface area contributed by atoms with Gasteiger partial charge in [0.1, 0.15) is 5.75 Å². The number of carbonyl (C=O) groups is 1. The minimum absolute atomic E-state index is 0.0236. The van der Waals surface area contributed by atoms with Crippen LogP contribution in [-0.2, 0) is 14.3 Å². The number of amides is 1. The Morgan fingerprint density at radius 3 is 2.35 bits per heavy atom. The molecule has 1 spiro atoms. The van der Waals surface area contributed by atoms with Crippen molar-refractivity contribution in [2.75, 3.05) is 32.9 Å². The molecule has 0 N–H and O–H groups in total. The second-order valence-electron chi connectivity index (χ2n) is 6.48. The van der Waals surface area contributed by atoms with Gasteiger partial charge in [0, 0.05) is 25.9 Å². The fraction of sp³-hybridized carbons (Fsp3) is 0.611. The van der Waals surface area contributed by atoms with Crippen molar-refractivity contribution >= 4 is 5.91 Å². The van der Waals surface area contributed by atoms with E-state index >= 15 is 0 Å². The van der Waals surface area contributed by atoms with Crippen LogP contribution in [0.25, 0.3) is 0 Å². The Morgan fingerprint density at radius 2 is 1.70 bits per heavy atom. The van der Waals surface area contributed by atoms with E-state index in [2.05, 4.69) is 19.9 Å². The number of rotatable bonds is 3. The number of nitrogens with zero attached hydrogens (tertiary/aromatic N) is 1. The van der Waals surface area contributed by atoms with E-state index in [9.17, 15) is 4.79 Å². The lowest BCUT2D eigenvalue weighted by Gasteiger charge is -2.37. The Hall–Kier alpha value is -1.59. The summed E-state index contributed by atoms with van der Waals surface area (Å²) in [5.74, 6) is 0.371. The molecule has 1 aromatic rings. The quantitative estimate of drug-likeness (QED) is 0.858. The monoisotopic (exact) mass is 319 g/mol. The van der Waals surface area contributed by atoms with Crippen LogP contribution < -0.4 is 4.74 Å². The maximum absolute atomic E-state index is 12.4. The van der Waals surface area contributed by atoms with Crippen molar-refractivity contribution in [3.63, 3.8) is 0 Å². The normalized spacial score (nSPS) is 20.0. The van der Waals surface area contributed by atoms with Gasteiger partial charge >= 0.3 is 0 Å². The van der Waals surface area contributed by atoms with Crippen LogP contribution in [0.1, 0.15) is 29.5 Å². The molecule has 0 bridgehead atoms. The summed E-state index contributed by atoms with van der Waals surface area (Å²) in [6, 6.07) is 4.10. The van der Waals surface area contributed by atoms with Crippen LogP contribution in [0.15, 0.2) is 12.1 Å². The molecule has 2 saturated heterocycles. The van der Waals surface area contributed by atoms with Crippen LogP contribution >= 0.6 is 0 Å². The van der Waals surface area contributed by atoms with Gasteiger partial charge in [-0.05, 0) is 43.5 Å². The smallest absolute Gasteiger partial charge is 0.260 e. The number of ether oxygens (including phenoxy) is 3. The zero-order valence-corrected chi connectivity index (χ0v) is 14.2. The highest BCUT2D eigenvalue weighted by Crippen LogP contribution is 2.31. The van der Waals surface area contributed by atoms with Crippen LogP contribution in [0.5, 0.6) is 5.75 Å². The molecule has 1 amide bonds. The van der Waals surface area contributed by atoms with E-state index in [4.69, 9.17) is 14.2 Å². The summed E-state index contributed by atoms with van der Waals surface area (Å²) in [7, 11) is 0. The molecule has 2 aliphatic rings. The van der Waals surface area contributed by atoms with Crippen LogP contribution in [0.4, 0.5) is 0 Å². The van der Waals surface area contributed by atoms with Gasteiger partial charge < -0.3 is 19.1 Å². The van der Waals surface area contributed by atoms with E-state index < -0.39 is 5.79 Å². The van der Waals surface area contributed by atoms with Crippen molar-refractivity contribution in [3.05, 3.63) is 28.8 Å². The molecular weight excluding hydrogens is 294 g/mol. The van der Waals surface area contributed by atoms with Crippen molar-refractivity contribution in [2.45, 2.75) is 39.4 Å². The molecular formula is C18H25NO4. The highest BCUT2D eigenvalue weighted by molar-refractivity contribution is 5.78. The molecule has 2 fully saturated rings. The zero-order valence-electron chi connectivity index (χ0n) is 14.2. The van der Waals surface area contributed by atoms with Gasteiger partial charge in [0.15, 0.2) is 12.4 Å². The SMILES string of the molecule is Cc1cc(C)c(OCC(=O)N2CCC3(CC2)OCCO3)cc1C. The van der Waals surface area contributed by atoms with Gasteiger partial charge in [-0.2, -0.15) is 0 Å². The number of hydrogen-bond donors (Lipinski definition) is 0. The highest BCUT2D eigenvalue weighted by Gasteiger charge is 2.40. The minimum Gasteiger partial charge on any atom is -0.483 e. The Kier molecular flexibility index (Phi) is 4.60. The zero-order chi connectivity index (χ0) is 16.4. The molecule has 5 heteroatoms. The predicted octanol–water partition coefficient (Wildman–Crippen LogP) is 2.36. The van der Waals surface area contributed by atoms with Crippen molar-refractivity contribution in [1.29, 1.82) is 0 Å². The Morgan fingerprint density at radius 1 is 1.09 bits per heavy atom. The molecule has 1 aromatic carbocycles. The van der Waals surface area contributed by atoms with Crippen LogP contribution in [0.3, 0.4) is 0 Å². The molecule has 2 aliphatic heterocycles. The topological polar surface area (TPSA) is 48.0 Å². The summed E-state index contributed by atoms with van der Waals surface area (Å²) in [6.07, 6.45) is 1.48. The maximum atomic E-state index is 12.4. The second kappa shape index (κ2) is 6.49. The molecule has 0 saturated carbocycles. The Bertz CT molecular complexity index is 583. The standard InChI is InChI=1S/C18H25NO4/c1-13-10-15(3)16(11-14(13)2)21-12-17(20)19-6-4-18(5-7-19)22-8-9-23-18/h10-11H,4-9,12H2,1-3H3. The van der Waals surface area contributed by atoms with E-state index in [0.29, 0.717) is 26.3 Å². The highest BCUT2D eigenvalue weighted by atomic mass is 16.7. The molecule has 3 rings (SSSR count). The molecule has 0 radical (unpaired) electrons. The van der Waals surface area contributed by atoms with E-state index in [1.54, 1.807) is 0 Å². The fourth-order valence-corrected chi connectivity index (χ4v) is 3.20. The first-order chi connectivity index (χ1) is 11.0. The van der Waals surface area contributed by atoms with Gasteiger partial charge in [-0.1, -0.05) is 6.07 Å². The van der Waals surface area contributed by atoms with Crippen molar-refractivity contribution in [2.24, 2.45) is 0 Å². The number of likely N-dealkylation sites (tertiary alicyclic amines) is 1. The van der Waals surface area contributed by atoms with Gasteiger partial charge in [-0.25, -0.2) is 0 Å². The largest absolute Gasteiger partial charge is 0.483 e. The second-order valence-corrected chi connectivity index (χ2v) is 6.48. The third-order valence-electron chi connectivity index (χ3n) is 4.83. The molecule has 2 heterocycles. The van der Waals surface area contributed by atoms with Crippen LogP contribution in [-0.4, -0.2) is 49.5 Å². The van der Waals surface area contributed by atoms with Crippen molar-refractivity contribution in [3.8, 4) is 5.75 Å². The lowest BCUT2D eigenvalue weighted by Crippen LogP contribution is -2.48. The summed E-state index contributed by atoms with van der Waals surface area (Å²) < 4.78 is 17.1. The van der Waals surface area contributed by atoms with E-state index in [-0.39, 0.29) is 12.5 Å².